The summed E-state index contributed by atoms with van der Waals surface area (Å²) in [6, 6.07) is 6.26. The molecule has 1 unspecified atom stereocenters. The second-order valence-electron chi connectivity index (χ2n) is 3.19. The lowest BCUT2D eigenvalue weighted by Crippen LogP contribution is -2.27. The molecule has 1 aliphatic rings. The molecule has 0 aromatic carbocycles. The minimum absolute atomic E-state index is 0.0456. The van der Waals surface area contributed by atoms with E-state index >= 15 is 0 Å². The average Bonchev–Trinajstić information content (AvgIpc) is 2.67. The van der Waals surface area contributed by atoms with Crippen molar-refractivity contribution in [1.29, 1.82) is 5.26 Å². The van der Waals surface area contributed by atoms with E-state index in [4.69, 9.17) is 5.26 Å². The summed E-state index contributed by atoms with van der Waals surface area (Å²) in [6.07, 6.45) is 5.65. The monoisotopic (exact) mass is 173 g/mol. The van der Waals surface area contributed by atoms with Gasteiger partial charge < -0.3 is 4.90 Å². The SMILES string of the molecule is N#CC1CCCN1c1cccnc1. The number of anilines is 1. The molecule has 2 heterocycles. The number of pyridine rings is 1. The molecule has 1 aromatic rings. The second-order valence-corrected chi connectivity index (χ2v) is 3.19. The lowest BCUT2D eigenvalue weighted by molar-refractivity contribution is 0.816. The van der Waals surface area contributed by atoms with Crippen LogP contribution in [0.2, 0.25) is 0 Å². The summed E-state index contributed by atoms with van der Waals surface area (Å²) < 4.78 is 0. The summed E-state index contributed by atoms with van der Waals surface area (Å²) in [4.78, 5) is 6.16. The highest BCUT2D eigenvalue weighted by molar-refractivity contribution is 5.47. The first-order valence-corrected chi connectivity index (χ1v) is 4.48. The number of aromatic nitrogens is 1. The van der Waals surface area contributed by atoms with Crippen LogP contribution in [0.4, 0.5) is 5.69 Å². The van der Waals surface area contributed by atoms with Crippen LogP contribution in [0.3, 0.4) is 0 Å². The lowest BCUT2D eigenvalue weighted by atomic mass is 10.2. The van der Waals surface area contributed by atoms with Gasteiger partial charge >= 0.3 is 0 Å². The number of hydrogen-bond donors (Lipinski definition) is 0. The van der Waals surface area contributed by atoms with E-state index < -0.39 is 0 Å². The summed E-state index contributed by atoms with van der Waals surface area (Å²) >= 11 is 0. The van der Waals surface area contributed by atoms with Gasteiger partial charge in [0, 0.05) is 12.7 Å². The number of nitriles is 1. The maximum absolute atomic E-state index is 8.89. The smallest absolute Gasteiger partial charge is 0.117 e. The second kappa shape index (κ2) is 3.44. The Bertz CT molecular complexity index is 315. The van der Waals surface area contributed by atoms with Crippen LogP contribution in [-0.4, -0.2) is 17.6 Å². The molecule has 1 aromatic heterocycles. The molecule has 1 fully saturated rings. The quantitative estimate of drug-likeness (QED) is 0.647. The summed E-state index contributed by atoms with van der Waals surface area (Å²) in [5.74, 6) is 0. The molecular formula is C10H11N3. The zero-order valence-electron chi connectivity index (χ0n) is 7.35. The third-order valence-corrected chi connectivity index (χ3v) is 2.38. The van der Waals surface area contributed by atoms with Gasteiger partial charge in [-0.15, -0.1) is 0 Å². The van der Waals surface area contributed by atoms with Gasteiger partial charge in [0.05, 0.1) is 18.0 Å². The molecule has 13 heavy (non-hydrogen) atoms. The molecule has 0 saturated carbocycles. The summed E-state index contributed by atoms with van der Waals surface area (Å²) in [6.45, 7) is 0.976. The van der Waals surface area contributed by atoms with Crippen LogP contribution in [0, 0.1) is 11.3 Å². The molecule has 2 rings (SSSR count). The first-order valence-electron chi connectivity index (χ1n) is 4.48. The van der Waals surface area contributed by atoms with Gasteiger partial charge in [0.25, 0.3) is 0 Å². The Hall–Kier alpha value is -1.56. The van der Waals surface area contributed by atoms with E-state index in [1.807, 2.05) is 18.3 Å². The van der Waals surface area contributed by atoms with Crippen LogP contribution in [0.5, 0.6) is 0 Å². The Morgan fingerprint density at radius 1 is 1.62 bits per heavy atom. The number of nitrogens with zero attached hydrogens (tertiary/aromatic N) is 3. The Morgan fingerprint density at radius 2 is 2.54 bits per heavy atom. The van der Waals surface area contributed by atoms with E-state index in [9.17, 15) is 0 Å². The van der Waals surface area contributed by atoms with Crippen molar-refractivity contribution < 1.29 is 0 Å². The molecule has 1 atom stereocenters. The van der Waals surface area contributed by atoms with E-state index in [-0.39, 0.29) is 6.04 Å². The third-order valence-electron chi connectivity index (χ3n) is 2.38. The molecule has 0 amide bonds. The first kappa shape index (κ1) is 8.06. The molecule has 0 bridgehead atoms. The Balaban J connectivity index is 2.22. The molecule has 3 heteroatoms. The number of rotatable bonds is 1. The molecule has 0 aliphatic carbocycles. The van der Waals surface area contributed by atoms with Crippen molar-refractivity contribution in [2.45, 2.75) is 18.9 Å². The van der Waals surface area contributed by atoms with Crippen molar-refractivity contribution in [2.24, 2.45) is 0 Å². The highest BCUT2D eigenvalue weighted by Crippen LogP contribution is 2.23. The zero-order chi connectivity index (χ0) is 9.10. The van der Waals surface area contributed by atoms with Crippen molar-refractivity contribution in [1.82, 2.24) is 4.98 Å². The van der Waals surface area contributed by atoms with Gasteiger partial charge in [-0.2, -0.15) is 5.26 Å². The predicted molar refractivity (Wildman–Crippen MR) is 50.2 cm³/mol. The van der Waals surface area contributed by atoms with Gasteiger partial charge in [-0.05, 0) is 25.0 Å². The topological polar surface area (TPSA) is 39.9 Å². The van der Waals surface area contributed by atoms with Crippen LogP contribution >= 0.6 is 0 Å². The fourth-order valence-electron chi connectivity index (χ4n) is 1.73. The Morgan fingerprint density at radius 3 is 3.23 bits per heavy atom. The van der Waals surface area contributed by atoms with Crippen molar-refractivity contribution in [3.8, 4) is 6.07 Å². The maximum atomic E-state index is 8.89. The maximum Gasteiger partial charge on any atom is 0.117 e. The van der Waals surface area contributed by atoms with Gasteiger partial charge in [-0.3, -0.25) is 4.98 Å². The molecule has 0 radical (unpaired) electrons. The largest absolute Gasteiger partial charge is 0.354 e. The van der Waals surface area contributed by atoms with E-state index in [0.29, 0.717) is 0 Å². The first-order chi connectivity index (χ1) is 6.42. The zero-order valence-corrected chi connectivity index (χ0v) is 7.35. The lowest BCUT2D eigenvalue weighted by Gasteiger charge is -2.20. The molecule has 1 aliphatic heterocycles. The van der Waals surface area contributed by atoms with Crippen LogP contribution in [0.15, 0.2) is 24.5 Å². The van der Waals surface area contributed by atoms with E-state index in [1.54, 1.807) is 6.20 Å². The number of hydrogen-bond acceptors (Lipinski definition) is 3. The van der Waals surface area contributed by atoms with E-state index in [2.05, 4.69) is 16.0 Å². The van der Waals surface area contributed by atoms with E-state index in [0.717, 1.165) is 25.1 Å². The summed E-state index contributed by atoms with van der Waals surface area (Å²) in [7, 11) is 0. The van der Waals surface area contributed by atoms with Crippen LogP contribution in [0.25, 0.3) is 0 Å². The van der Waals surface area contributed by atoms with Gasteiger partial charge in [0.2, 0.25) is 0 Å². The average molecular weight is 173 g/mol. The summed E-state index contributed by atoms with van der Waals surface area (Å²) in [5.41, 5.74) is 1.06. The molecule has 1 saturated heterocycles. The van der Waals surface area contributed by atoms with Gasteiger partial charge in [0.1, 0.15) is 6.04 Å². The van der Waals surface area contributed by atoms with E-state index in [1.165, 1.54) is 0 Å². The highest BCUT2D eigenvalue weighted by atomic mass is 15.2. The van der Waals surface area contributed by atoms with Gasteiger partial charge in [0.15, 0.2) is 0 Å². The van der Waals surface area contributed by atoms with Crippen molar-refractivity contribution in [3.05, 3.63) is 24.5 Å². The molecule has 3 nitrogen and oxygen atoms in total. The Labute approximate surface area is 77.6 Å². The molecule has 66 valence electrons. The molecular weight excluding hydrogens is 162 g/mol. The van der Waals surface area contributed by atoms with Crippen LogP contribution in [-0.2, 0) is 0 Å². The van der Waals surface area contributed by atoms with Crippen molar-refractivity contribution in [2.75, 3.05) is 11.4 Å². The Kier molecular flexibility index (Phi) is 2.13. The predicted octanol–water partition coefficient (Wildman–Crippen LogP) is 1.57. The fourth-order valence-corrected chi connectivity index (χ4v) is 1.73. The highest BCUT2D eigenvalue weighted by Gasteiger charge is 2.23. The minimum Gasteiger partial charge on any atom is -0.354 e. The van der Waals surface area contributed by atoms with Crippen molar-refractivity contribution >= 4 is 5.69 Å². The normalized spacial score (nSPS) is 21.5. The van der Waals surface area contributed by atoms with Gasteiger partial charge in [-0.1, -0.05) is 0 Å². The standard InChI is InChI=1S/C10H11N3/c11-7-9-4-2-6-13(9)10-3-1-5-12-8-10/h1,3,5,8-9H,2,4,6H2. The molecule has 0 spiro atoms. The third kappa shape index (κ3) is 1.48. The minimum atomic E-state index is 0.0456. The fraction of sp³-hybridized carbons (Fsp3) is 0.400. The van der Waals surface area contributed by atoms with Crippen LogP contribution in [0.1, 0.15) is 12.8 Å². The molecule has 0 N–H and O–H groups in total. The summed E-state index contributed by atoms with van der Waals surface area (Å²) in [5, 5.41) is 8.89. The van der Waals surface area contributed by atoms with Crippen LogP contribution < -0.4 is 4.90 Å². The van der Waals surface area contributed by atoms with Crippen molar-refractivity contribution in [3.63, 3.8) is 0 Å². The van der Waals surface area contributed by atoms with Gasteiger partial charge in [-0.25, -0.2) is 0 Å².